The van der Waals surface area contributed by atoms with Gasteiger partial charge in [-0.15, -0.1) is 0 Å². The molecule has 126 valence electrons. The first-order chi connectivity index (χ1) is 10.9. The molecule has 3 N–H and O–H groups in total. The number of rotatable bonds is 4. The van der Waals surface area contributed by atoms with E-state index in [-0.39, 0.29) is 0 Å². The second kappa shape index (κ2) is 5.68. The topological polar surface area (TPSA) is 115 Å². The van der Waals surface area contributed by atoms with E-state index in [0.29, 0.717) is 17.0 Å². The van der Waals surface area contributed by atoms with Gasteiger partial charge < -0.3 is 25.0 Å². The largest absolute Gasteiger partial charge is 0.387 e. The first-order valence-corrected chi connectivity index (χ1v) is 7.32. The van der Waals surface area contributed by atoms with Crippen LogP contribution in [0.2, 0.25) is 0 Å². The molecule has 1 saturated heterocycles. The number of aliphatic hydroxyl groups excluding tert-OH is 2. The minimum Gasteiger partial charge on any atom is -0.387 e. The van der Waals surface area contributed by atoms with Crippen molar-refractivity contribution in [1.29, 1.82) is 0 Å². The molecular formula is C14H21N5O4. The summed E-state index contributed by atoms with van der Waals surface area (Å²) in [5.41, 5.74) is 0.322. The van der Waals surface area contributed by atoms with E-state index in [0.717, 1.165) is 0 Å². The number of ether oxygens (including phenoxy) is 2. The van der Waals surface area contributed by atoms with Crippen molar-refractivity contribution in [3.05, 3.63) is 12.7 Å². The molecule has 1 fully saturated rings. The molecule has 3 heterocycles. The highest BCUT2D eigenvalue weighted by atomic mass is 16.6. The van der Waals surface area contributed by atoms with Crippen LogP contribution in [0.3, 0.4) is 0 Å². The van der Waals surface area contributed by atoms with Gasteiger partial charge in [-0.3, -0.25) is 4.57 Å². The van der Waals surface area contributed by atoms with Gasteiger partial charge in [0.2, 0.25) is 0 Å². The van der Waals surface area contributed by atoms with Crippen molar-refractivity contribution in [2.75, 3.05) is 19.5 Å². The van der Waals surface area contributed by atoms with Gasteiger partial charge in [0.05, 0.1) is 11.9 Å². The number of hydrogen-bond donors (Lipinski definition) is 3. The van der Waals surface area contributed by atoms with Crippen molar-refractivity contribution in [3.8, 4) is 0 Å². The summed E-state index contributed by atoms with van der Waals surface area (Å²) in [5, 5.41) is 23.7. The third-order valence-electron chi connectivity index (χ3n) is 4.32. The van der Waals surface area contributed by atoms with Crippen LogP contribution in [0.15, 0.2) is 12.7 Å². The zero-order valence-corrected chi connectivity index (χ0v) is 13.5. The summed E-state index contributed by atoms with van der Waals surface area (Å²) in [5.74, 6) is 0.579. The molecule has 0 aliphatic carbocycles. The zero-order chi connectivity index (χ0) is 16.8. The molecule has 1 aliphatic rings. The van der Waals surface area contributed by atoms with Gasteiger partial charge in [0.1, 0.15) is 30.2 Å². The van der Waals surface area contributed by atoms with Gasteiger partial charge in [-0.1, -0.05) is 0 Å². The number of anilines is 1. The van der Waals surface area contributed by atoms with E-state index in [9.17, 15) is 10.2 Å². The Kier molecular flexibility index (Phi) is 3.96. The molecular weight excluding hydrogens is 302 g/mol. The molecule has 0 saturated carbocycles. The predicted molar refractivity (Wildman–Crippen MR) is 81.9 cm³/mol. The Morgan fingerprint density at radius 1 is 1.26 bits per heavy atom. The fourth-order valence-electron chi connectivity index (χ4n) is 2.80. The number of aliphatic hydroxyl groups is 2. The van der Waals surface area contributed by atoms with Crippen molar-refractivity contribution in [1.82, 2.24) is 19.5 Å². The minimum absolute atomic E-state index is 0.511. The molecule has 0 radical (unpaired) electrons. The van der Waals surface area contributed by atoms with Crippen LogP contribution < -0.4 is 5.32 Å². The van der Waals surface area contributed by atoms with Gasteiger partial charge in [-0.25, -0.2) is 15.0 Å². The van der Waals surface area contributed by atoms with E-state index in [1.807, 2.05) is 0 Å². The maximum absolute atomic E-state index is 10.4. The SMILES string of the molecule is CNc1ncnc2c1ncn2[C@@H]1O[C@H](C(C)(C)OC)[C@@H](O)[C@H]1O. The molecule has 9 heteroatoms. The molecule has 23 heavy (non-hydrogen) atoms. The quantitative estimate of drug-likeness (QED) is 0.715. The van der Waals surface area contributed by atoms with Crippen molar-refractivity contribution in [2.45, 2.75) is 44.0 Å². The fraction of sp³-hybridized carbons (Fsp3) is 0.643. The van der Waals surface area contributed by atoms with E-state index in [4.69, 9.17) is 9.47 Å². The summed E-state index contributed by atoms with van der Waals surface area (Å²) in [7, 11) is 3.28. The molecule has 0 aromatic carbocycles. The average molecular weight is 323 g/mol. The van der Waals surface area contributed by atoms with E-state index in [1.54, 1.807) is 25.5 Å². The first-order valence-electron chi connectivity index (χ1n) is 7.32. The predicted octanol–water partition coefficient (Wildman–Crippen LogP) is -0.0878. The van der Waals surface area contributed by atoms with Gasteiger partial charge in [-0.2, -0.15) is 0 Å². The van der Waals surface area contributed by atoms with Crippen molar-refractivity contribution in [3.63, 3.8) is 0 Å². The van der Waals surface area contributed by atoms with E-state index < -0.39 is 30.1 Å². The first kappa shape index (κ1) is 16.1. The van der Waals surface area contributed by atoms with Crippen molar-refractivity contribution >= 4 is 17.0 Å². The summed E-state index contributed by atoms with van der Waals surface area (Å²) in [4.78, 5) is 12.6. The molecule has 2 aromatic heterocycles. The molecule has 0 unspecified atom stereocenters. The van der Waals surface area contributed by atoms with Crippen LogP contribution >= 0.6 is 0 Å². The lowest BCUT2D eigenvalue weighted by molar-refractivity contribution is -0.138. The highest BCUT2D eigenvalue weighted by Gasteiger charge is 2.50. The Bertz CT molecular complexity index is 704. The normalized spacial score (nSPS) is 28.4. The summed E-state index contributed by atoms with van der Waals surface area (Å²) in [6.07, 6.45) is -0.786. The Hall–Kier alpha value is -1.81. The fourth-order valence-corrected chi connectivity index (χ4v) is 2.80. The number of nitrogens with one attached hydrogen (secondary N) is 1. The smallest absolute Gasteiger partial charge is 0.167 e. The second-order valence-corrected chi connectivity index (χ2v) is 6.03. The van der Waals surface area contributed by atoms with Crippen LogP contribution in [-0.4, -0.2) is 67.8 Å². The van der Waals surface area contributed by atoms with Gasteiger partial charge in [0, 0.05) is 14.2 Å². The third kappa shape index (κ3) is 2.45. The van der Waals surface area contributed by atoms with E-state index in [2.05, 4.69) is 20.3 Å². The highest BCUT2D eigenvalue weighted by Crippen LogP contribution is 2.37. The van der Waals surface area contributed by atoms with Crippen LogP contribution in [-0.2, 0) is 9.47 Å². The Balaban J connectivity index is 2.00. The minimum atomic E-state index is -1.13. The van der Waals surface area contributed by atoms with Crippen molar-refractivity contribution < 1.29 is 19.7 Å². The van der Waals surface area contributed by atoms with Crippen LogP contribution in [0, 0.1) is 0 Å². The van der Waals surface area contributed by atoms with Gasteiger partial charge in [0.25, 0.3) is 0 Å². The summed E-state index contributed by atoms with van der Waals surface area (Å²) >= 11 is 0. The average Bonchev–Trinajstić information content (AvgIpc) is 3.10. The molecule has 2 aromatic rings. The number of nitrogens with zero attached hydrogens (tertiary/aromatic N) is 4. The van der Waals surface area contributed by atoms with Crippen LogP contribution in [0.25, 0.3) is 11.2 Å². The Morgan fingerprint density at radius 3 is 2.65 bits per heavy atom. The molecule has 0 bridgehead atoms. The Labute approximate surface area is 133 Å². The number of aromatic nitrogens is 4. The molecule has 3 rings (SSSR count). The molecule has 0 spiro atoms. The number of fused-ring (bicyclic) bond motifs is 1. The van der Waals surface area contributed by atoms with Gasteiger partial charge in [-0.05, 0) is 13.8 Å². The van der Waals surface area contributed by atoms with Crippen LogP contribution in [0.4, 0.5) is 5.82 Å². The number of methoxy groups -OCH3 is 1. The molecule has 9 nitrogen and oxygen atoms in total. The standard InChI is InChI=1S/C14H21N5O4/c1-14(2,22-4)10-8(20)9(21)13(23-10)19-6-18-7-11(15-3)16-5-17-12(7)19/h5-6,8-10,13,20-21H,1-4H3,(H,15,16,17)/t8-,9+,10-,13+/m0/s1. The molecule has 4 atom stereocenters. The molecule has 1 aliphatic heterocycles. The Morgan fingerprint density at radius 2 is 2.00 bits per heavy atom. The lowest BCUT2D eigenvalue weighted by Gasteiger charge is -2.31. The number of hydrogen-bond acceptors (Lipinski definition) is 8. The summed E-state index contributed by atoms with van der Waals surface area (Å²) < 4.78 is 12.9. The van der Waals surface area contributed by atoms with Gasteiger partial charge in [0.15, 0.2) is 17.7 Å². The second-order valence-electron chi connectivity index (χ2n) is 6.03. The maximum Gasteiger partial charge on any atom is 0.167 e. The van der Waals surface area contributed by atoms with Gasteiger partial charge >= 0.3 is 0 Å². The molecule has 0 amide bonds. The lowest BCUT2D eigenvalue weighted by Crippen LogP contribution is -2.46. The number of imidazole rings is 1. The van der Waals surface area contributed by atoms with Crippen LogP contribution in [0.1, 0.15) is 20.1 Å². The third-order valence-corrected chi connectivity index (χ3v) is 4.32. The van der Waals surface area contributed by atoms with Crippen LogP contribution in [0.5, 0.6) is 0 Å². The van der Waals surface area contributed by atoms with E-state index >= 15 is 0 Å². The summed E-state index contributed by atoms with van der Waals surface area (Å²) in [6.45, 7) is 3.59. The maximum atomic E-state index is 10.4. The zero-order valence-electron chi connectivity index (χ0n) is 13.5. The van der Waals surface area contributed by atoms with Crippen molar-refractivity contribution in [2.24, 2.45) is 0 Å². The monoisotopic (exact) mass is 323 g/mol. The summed E-state index contributed by atoms with van der Waals surface area (Å²) in [6, 6.07) is 0. The highest BCUT2D eigenvalue weighted by molar-refractivity contribution is 5.82. The lowest BCUT2D eigenvalue weighted by atomic mass is 9.95. The van der Waals surface area contributed by atoms with E-state index in [1.165, 1.54) is 19.8 Å².